The average Bonchev–Trinajstić information content (AvgIpc) is 3.15. The molecule has 0 radical (unpaired) electrons. The molecule has 1 unspecified atom stereocenters. The van der Waals surface area contributed by atoms with Crippen molar-refractivity contribution in [2.24, 2.45) is 7.05 Å². The highest BCUT2D eigenvalue weighted by Gasteiger charge is 2.26. The number of carbonyl (C=O) groups is 1. The third-order valence-corrected chi connectivity index (χ3v) is 5.93. The van der Waals surface area contributed by atoms with Crippen molar-refractivity contribution in [2.45, 2.75) is 65.0 Å². The van der Waals surface area contributed by atoms with E-state index in [9.17, 15) is 14.4 Å². The van der Waals surface area contributed by atoms with Crippen molar-refractivity contribution in [1.29, 1.82) is 0 Å². The number of ketones is 1. The summed E-state index contributed by atoms with van der Waals surface area (Å²) in [6, 6.07) is -0.448. The number of nitrogens with zero attached hydrogens (tertiary/aromatic N) is 5. The molecule has 0 bridgehead atoms. The molecule has 1 aliphatic carbocycles. The van der Waals surface area contributed by atoms with Crippen LogP contribution in [0.1, 0.15) is 63.7 Å². The second kappa shape index (κ2) is 6.21. The van der Waals surface area contributed by atoms with Gasteiger partial charge in [0.25, 0.3) is 5.56 Å². The molecule has 4 rings (SSSR count). The van der Waals surface area contributed by atoms with Crippen LogP contribution in [0.3, 0.4) is 0 Å². The smallest absolute Gasteiger partial charge is 0.311 e. The van der Waals surface area contributed by atoms with E-state index in [4.69, 9.17) is 0 Å². The van der Waals surface area contributed by atoms with Crippen molar-refractivity contribution < 1.29 is 4.79 Å². The minimum absolute atomic E-state index is 0.231. The van der Waals surface area contributed by atoms with Gasteiger partial charge < -0.3 is 4.57 Å². The van der Waals surface area contributed by atoms with Gasteiger partial charge in [-0.1, -0.05) is 19.3 Å². The first-order chi connectivity index (χ1) is 12.8. The fourth-order valence-electron chi connectivity index (χ4n) is 4.31. The highest BCUT2D eigenvalue weighted by atomic mass is 16.2. The zero-order chi connectivity index (χ0) is 19.5. The number of aryl methyl sites for hydroxylation is 2. The first-order valence-corrected chi connectivity index (χ1v) is 9.54. The number of hydrogen-bond acceptors (Lipinski definition) is 4. The Hall–Kier alpha value is -2.64. The monoisotopic (exact) mass is 371 g/mol. The zero-order valence-corrected chi connectivity index (χ0v) is 16.2. The van der Waals surface area contributed by atoms with Crippen LogP contribution in [0.5, 0.6) is 0 Å². The Morgan fingerprint density at radius 1 is 1.22 bits per heavy atom. The van der Waals surface area contributed by atoms with Crippen LogP contribution in [-0.2, 0) is 11.8 Å². The molecule has 1 aliphatic rings. The largest absolute Gasteiger partial charge is 0.333 e. The quantitative estimate of drug-likeness (QED) is 0.706. The van der Waals surface area contributed by atoms with Gasteiger partial charge in [-0.15, -0.1) is 0 Å². The highest BCUT2D eigenvalue weighted by molar-refractivity contribution is 5.80. The minimum Gasteiger partial charge on any atom is -0.311 e. The molecule has 3 aromatic heterocycles. The first-order valence-electron chi connectivity index (χ1n) is 9.54. The van der Waals surface area contributed by atoms with Crippen LogP contribution in [0.25, 0.3) is 16.9 Å². The zero-order valence-electron chi connectivity index (χ0n) is 16.2. The van der Waals surface area contributed by atoms with Crippen LogP contribution in [-0.4, -0.2) is 28.9 Å². The van der Waals surface area contributed by atoms with Crippen molar-refractivity contribution >= 4 is 22.7 Å². The third-order valence-electron chi connectivity index (χ3n) is 5.93. The van der Waals surface area contributed by atoms with Crippen LogP contribution in [0.15, 0.2) is 15.8 Å². The van der Waals surface area contributed by atoms with E-state index < -0.39 is 17.3 Å². The lowest BCUT2D eigenvalue weighted by Crippen LogP contribution is -2.42. The summed E-state index contributed by atoms with van der Waals surface area (Å²) in [7, 11) is 1.59. The Labute approximate surface area is 156 Å². The number of hydrogen-bond donors (Lipinski definition) is 0. The molecule has 0 spiro atoms. The summed E-state index contributed by atoms with van der Waals surface area (Å²) in [5.74, 6) is 0.458. The predicted octanol–water partition coefficient (Wildman–Crippen LogP) is 2.11. The second-order valence-electron chi connectivity index (χ2n) is 7.69. The average molecular weight is 371 g/mol. The lowest BCUT2D eigenvalue weighted by atomic mass is 9.95. The van der Waals surface area contributed by atoms with Crippen LogP contribution >= 0.6 is 0 Å². The van der Waals surface area contributed by atoms with Gasteiger partial charge in [-0.05, 0) is 33.6 Å². The Morgan fingerprint density at radius 3 is 2.52 bits per heavy atom. The van der Waals surface area contributed by atoms with Gasteiger partial charge in [0.05, 0.1) is 6.04 Å². The second-order valence-corrected chi connectivity index (χ2v) is 7.69. The minimum atomic E-state index is -0.812. The molecule has 0 amide bonds. The van der Waals surface area contributed by atoms with Gasteiger partial charge in [0.2, 0.25) is 5.78 Å². The number of Topliss-reactive ketones (excluding diaryl/α,β-unsaturated/α-hetero) is 1. The van der Waals surface area contributed by atoms with E-state index in [0.717, 1.165) is 23.1 Å². The Morgan fingerprint density at radius 2 is 1.89 bits per heavy atom. The Kier molecular flexibility index (Phi) is 4.09. The molecule has 1 atom stereocenters. The van der Waals surface area contributed by atoms with Gasteiger partial charge in [-0.2, -0.15) is 4.98 Å². The van der Waals surface area contributed by atoms with E-state index >= 15 is 0 Å². The van der Waals surface area contributed by atoms with Gasteiger partial charge in [0.15, 0.2) is 16.9 Å². The molecule has 1 saturated carbocycles. The number of aromatic nitrogens is 5. The molecule has 3 heterocycles. The Bertz CT molecular complexity index is 1170. The van der Waals surface area contributed by atoms with E-state index in [-0.39, 0.29) is 5.78 Å². The van der Waals surface area contributed by atoms with Crippen molar-refractivity contribution in [2.75, 3.05) is 0 Å². The van der Waals surface area contributed by atoms with Gasteiger partial charge in [0, 0.05) is 25.0 Å². The van der Waals surface area contributed by atoms with Gasteiger partial charge in [0.1, 0.15) is 0 Å². The van der Waals surface area contributed by atoms with E-state index in [1.807, 2.05) is 13.1 Å². The van der Waals surface area contributed by atoms with Gasteiger partial charge in [-0.3, -0.25) is 18.6 Å². The molecule has 8 nitrogen and oxygen atoms in total. The van der Waals surface area contributed by atoms with Crippen molar-refractivity contribution in [3.63, 3.8) is 0 Å². The molecule has 3 aromatic rings. The topological polar surface area (TPSA) is 83.3 Å². The van der Waals surface area contributed by atoms with E-state index in [1.54, 1.807) is 18.4 Å². The molecule has 0 N–H and O–H groups in total. The molecule has 0 saturated heterocycles. The molecular formula is C19H25N5O3. The first kappa shape index (κ1) is 17.8. The SMILES string of the molecule is CC(=O)C(C)n1c(=O)c2c(nc3n(C4CCCCC4)c(C)cn23)n(C)c1=O. The lowest BCUT2D eigenvalue weighted by molar-refractivity contribution is -0.119. The number of imidazole rings is 2. The van der Waals surface area contributed by atoms with Crippen LogP contribution < -0.4 is 11.2 Å². The standard InChI is InChI=1S/C19H25N5O3/c1-11-10-22-15-16(20-18(22)23(11)14-8-6-5-7-9-14)21(4)19(27)24(17(15)26)12(2)13(3)25/h10,12,14H,5-9H2,1-4H3. The maximum Gasteiger partial charge on any atom is 0.333 e. The van der Waals surface area contributed by atoms with Crippen LogP contribution in [0.2, 0.25) is 0 Å². The summed E-state index contributed by atoms with van der Waals surface area (Å²) in [6.07, 6.45) is 7.74. The summed E-state index contributed by atoms with van der Waals surface area (Å²) >= 11 is 0. The van der Waals surface area contributed by atoms with Crippen LogP contribution in [0, 0.1) is 6.92 Å². The fourth-order valence-corrected chi connectivity index (χ4v) is 4.31. The molecule has 27 heavy (non-hydrogen) atoms. The van der Waals surface area contributed by atoms with Gasteiger partial charge >= 0.3 is 5.69 Å². The number of carbonyl (C=O) groups excluding carboxylic acids is 1. The highest BCUT2D eigenvalue weighted by Crippen LogP contribution is 2.31. The normalized spacial score (nSPS) is 17.0. The van der Waals surface area contributed by atoms with Gasteiger partial charge in [-0.25, -0.2) is 9.36 Å². The molecule has 0 aliphatic heterocycles. The maximum atomic E-state index is 13.1. The summed E-state index contributed by atoms with van der Waals surface area (Å²) in [6.45, 7) is 4.98. The number of rotatable bonds is 3. The summed E-state index contributed by atoms with van der Waals surface area (Å²) < 4.78 is 6.38. The van der Waals surface area contributed by atoms with Crippen LogP contribution in [0.4, 0.5) is 0 Å². The van der Waals surface area contributed by atoms with E-state index in [2.05, 4.69) is 9.55 Å². The summed E-state index contributed by atoms with van der Waals surface area (Å²) in [5, 5.41) is 0. The van der Waals surface area contributed by atoms with Crippen molar-refractivity contribution in [3.05, 3.63) is 32.7 Å². The lowest BCUT2D eigenvalue weighted by Gasteiger charge is -2.24. The van der Waals surface area contributed by atoms with E-state index in [0.29, 0.717) is 23.0 Å². The van der Waals surface area contributed by atoms with E-state index in [1.165, 1.54) is 30.8 Å². The Balaban J connectivity index is 2.06. The van der Waals surface area contributed by atoms with Crippen molar-refractivity contribution in [1.82, 2.24) is 23.1 Å². The predicted molar refractivity (Wildman–Crippen MR) is 102 cm³/mol. The molecule has 0 aromatic carbocycles. The molecular weight excluding hydrogens is 346 g/mol. The third kappa shape index (κ3) is 2.49. The molecule has 144 valence electrons. The maximum absolute atomic E-state index is 13.1. The van der Waals surface area contributed by atoms with Crippen molar-refractivity contribution in [3.8, 4) is 0 Å². The number of fused-ring (bicyclic) bond motifs is 3. The molecule has 8 heteroatoms. The molecule has 1 fully saturated rings. The summed E-state index contributed by atoms with van der Waals surface area (Å²) in [5.41, 5.74) is 0.765. The fraction of sp³-hybridized carbons (Fsp3) is 0.579. The summed E-state index contributed by atoms with van der Waals surface area (Å²) in [4.78, 5) is 42.4.